The van der Waals surface area contributed by atoms with Gasteiger partial charge < -0.3 is 29.4 Å². The molecule has 0 bridgehead atoms. The number of hydrogen-bond acceptors (Lipinski definition) is 7. The van der Waals surface area contributed by atoms with E-state index >= 15 is 0 Å². The minimum atomic E-state index is -4.61. The number of carbonyl (C=O) groups excluding carboxylic acids is 1. The number of carboxylic acid groups (broad SMARTS) is 1. The summed E-state index contributed by atoms with van der Waals surface area (Å²) in [5.74, 6) is -1.24. The highest BCUT2D eigenvalue weighted by Crippen LogP contribution is 2.37. The van der Waals surface area contributed by atoms with Gasteiger partial charge in [-0.05, 0) is 29.7 Å². The van der Waals surface area contributed by atoms with Gasteiger partial charge in [0, 0.05) is 28.8 Å². The van der Waals surface area contributed by atoms with E-state index in [1.165, 1.54) is 47.4 Å². The van der Waals surface area contributed by atoms with Gasteiger partial charge in [-0.25, -0.2) is 9.59 Å². The maximum Gasteiger partial charge on any atom is 0.417 e. The minimum Gasteiger partial charge on any atom is -0.479 e. The first-order chi connectivity index (χ1) is 18.6. The van der Waals surface area contributed by atoms with E-state index in [-0.39, 0.29) is 56.0 Å². The lowest BCUT2D eigenvalue weighted by Crippen LogP contribution is -2.32. The average Bonchev–Trinajstić information content (AvgIpc) is 3.27. The standard InChI is InChI=1S/C26H25F3N2O8/c27-26(28,29)20-4-2-1-3-18(20)21-11-15-5-6-16(12-19(15)23(33)30-21)31-14-17(39-25(31)36)13-22(24(34)35)38-10-9-37-8-7-32/h1-6,11-12,17,22,32H,7-10,13-14H2,(H,30,33)(H,34,35). The van der Waals surface area contributed by atoms with E-state index in [1.54, 1.807) is 0 Å². The summed E-state index contributed by atoms with van der Waals surface area (Å²) < 4.78 is 56.1. The summed E-state index contributed by atoms with van der Waals surface area (Å²) in [5.41, 5.74) is -1.41. The number of aliphatic hydroxyl groups excluding tert-OH is 1. The summed E-state index contributed by atoms with van der Waals surface area (Å²) in [5, 5.41) is 18.6. The summed E-state index contributed by atoms with van der Waals surface area (Å²) in [4.78, 5) is 40.7. The number of carboxylic acids is 1. The zero-order chi connectivity index (χ0) is 28.2. The number of rotatable bonds is 11. The van der Waals surface area contributed by atoms with Crippen LogP contribution in [0, 0.1) is 0 Å². The molecule has 1 aliphatic heterocycles. The number of aliphatic hydroxyl groups is 1. The van der Waals surface area contributed by atoms with Gasteiger partial charge in [0.1, 0.15) is 6.10 Å². The lowest BCUT2D eigenvalue weighted by molar-refractivity contribution is -0.153. The Bertz CT molecular complexity index is 1410. The van der Waals surface area contributed by atoms with E-state index in [0.717, 1.165) is 6.07 Å². The zero-order valence-corrected chi connectivity index (χ0v) is 20.4. The molecule has 1 fully saturated rings. The predicted molar refractivity (Wildman–Crippen MR) is 133 cm³/mol. The lowest BCUT2D eigenvalue weighted by atomic mass is 10.0. The Hall–Kier alpha value is -3.94. The Morgan fingerprint density at radius 3 is 2.62 bits per heavy atom. The van der Waals surface area contributed by atoms with Crippen LogP contribution in [0.15, 0.2) is 53.3 Å². The second-order valence-corrected chi connectivity index (χ2v) is 8.71. The minimum absolute atomic E-state index is 0.00436. The number of ether oxygens (including phenoxy) is 3. The first kappa shape index (κ1) is 28.1. The van der Waals surface area contributed by atoms with Crippen LogP contribution in [0.25, 0.3) is 22.0 Å². The number of nitrogens with one attached hydrogen (secondary N) is 1. The maximum atomic E-state index is 13.5. The number of aromatic amines is 1. The van der Waals surface area contributed by atoms with E-state index in [9.17, 15) is 32.7 Å². The van der Waals surface area contributed by atoms with E-state index in [1.807, 2.05) is 0 Å². The van der Waals surface area contributed by atoms with Gasteiger partial charge >= 0.3 is 18.2 Å². The summed E-state index contributed by atoms with van der Waals surface area (Å²) in [6, 6.07) is 10.8. The third kappa shape index (κ3) is 6.56. The molecular formula is C26H25F3N2O8. The molecule has 1 aliphatic rings. The van der Waals surface area contributed by atoms with Gasteiger partial charge in [-0.15, -0.1) is 0 Å². The fourth-order valence-corrected chi connectivity index (χ4v) is 4.28. The highest BCUT2D eigenvalue weighted by atomic mass is 19.4. The monoisotopic (exact) mass is 550 g/mol. The maximum absolute atomic E-state index is 13.5. The van der Waals surface area contributed by atoms with Crippen LogP contribution < -0.4 is 10.5 Å². The molecule has 2 aromatic carbocycles. The van der Waals surface area contributed by atoms with E-state index in [0.29, 0.717) is 11.1 Å². The molecular weight excluding hydrogens is 525 g/mol. The molecule has 3 aromatic rings. The molecule has 4 rings (SSSR count). The predicted octanol–water partition coefficient (Wildman–Crippen LogP) is 3.41. The van der Waals surface area contributed by atoms with Crippen LogP contribution >= 0.6 is 0 Å². The number of aromatic nitrogens is 1. The number of carbonyl (C=O) groups is 2. The molecule has 1 aromatic heterocycles. The number of benzene rings is 2. The van der Waals surface area contributed by atoms with Crippen molar-refractivity contribution in [1.82, 2.24) is 4.98 Å². The fraction of sp³-hybridized carbons (Fsp3) is 0.346. The van der Waals surface area contributed by atoms with Gasteiger partial charge in [0.05, 0.1) is 38.5 Å². The third-order valence-corrected chi connectivity index (χ3v) is 6.07. The number of cyclic esters (lactones) is 1. The van der Waals surface area contributed by atoms with Crippen LogP contribution in [0.5, 0.6) is 0 Å². The fourth-order valence-electron chi connectivity index (χ4n) is 4.28. The molecule has 0 radical (unpaired) electrons. The Labute approximate surface area is 219 Å². The van der Waals surface area contributed by atoms with Crippen molar-refractivity contribution in [3.05, 3.63) is 64.4 Å². The number of aliphatic carboxylic acids is 1. The van der Waals surface area contributed by atoms with Gasteiger partial charge in [0.2, 0.25) is 0 Å². The van der Waals surface area contributed by atoms with Crippen LogP contribution in [0.1, 0.15) is 12.0 Å². The summed E-state index contributed by atoms with van der Waals surface area (Å²) in [6.07, 6.45) is -7.57. The van der Waals surface area contributed by atoms with Crippen LogP contribution in [-0.2, 0) is 25.2 Å². The summed E-state index contributed by atoms with van der Waals surface area (Å²) in [6.45, 7) is -0.0508. The van der Waals surface area contributed by atoms with Crippen molar-refractivity contribution in [2.45, 2.75) is 24.8 Å². The molecule has 0 saturated carbocycles. The number of nitrogens with zero attached hydrogens (tertiary/aromatic N) is 1. The first-order valence-corrected chi connectivity index (χ1v) is 11.9. The van der Waals surface area contributed by atoms with Crippen molar-refractivity contribution in [3.8, 4) is 11.3 Å². The molecule has 3 N–H and O–H groups in total. The highest BCUT2D eigenvalue weighted by molar-refractivity contribution is 5.95. The lowest BCUT2D eigenvalue weighted by Gasteiger charge is -2.17. The Kier molecular flexibility index (Phi) is 8.53. The number of hydrogen-bond donors (Lipinski definition) is 3. The van der Waals surface area contributed by atoms with Crippen LogP contribution in [0.3, 0.4) is 0 Å². The number of amides is 1. The molecule has 10 nitrogen and oxygen atoms in total. The van der Waals surface area contributed by atoms with Crippen molar-refractivity contribution in [1.29, 1.82) is 0 Å². The van der Waals surface area contributed by atoms with Gasteiger partial charge in [-0.1, -0.05) is 24.3 Å². The van der Waals surface area contributed by atoms with Crippen LogP contribution in [-0.4, -0.2) is 72.4 Å². The molecule has 208 valence electrons. The largest absolute Gasteiger partial charge is 0.479 e. The van der Waals surface area contributed by atoms with Crippen molar-refractivity contribution >= 4 is 28.5 Å². The molecule has 39 heavy (non-hydrogen) atoms. The number of H-pyrrole nitrogens is 1. The number of alkyl halides is 3. The topological polar surface area (TPSA) is 138 Å². The summed E-state index contributed by atoms with van der Waals surface area (Å²) >= 11 is 0. The second-order valence-electron chi connectivity index (χ2n) is 8.71. The normalized spacial score (nSPS) is 16.5. The second kappa shape index (κ2) is 11.8. The van der Waals surface area contributed by atoms with Gasteiger partial charge in [-0.3, -0.25) is 9.69 Å². The van der Waals surface area contributed by atoms with E-state index in [4.69, 9.17) is 19.3 Å². The van der Waals surface area contributed by atoms with Crippen LogP contribution in [0.2, 0.25) is 0 Å². The molecule has 13 heteroatoms. The molecule has 2 unspecified atom stereocenters. The van der Waals surface area contributed by atoms with Crippen LogP contribution in [0.4, 0.5) is 23.7 Å². The van der Waals surface area contributed by atoms with Crippen molar-refractivity contribution < 1.29 is 47.2 Å². The number of fused-ring (bicyclic) bond motifs is 1. The number of halogens is 3. The first-order valence-electron chi connectivity index (χ1n) is 11.9. The Balaban J connectivity index is 1.51. The van der Waals surface area contributed by atoms with Crippen molar-refractivity contribution in [2.24, 2.45) is 0 Å². The zero-order valence-electron chi connectivity index (χ0n) is 20.4. The quantitative estimate of drug-likeness (QED) is 0.309. The Morgan fingerprint density at radius 1 is 1.13 bits per heavy atom. The molecule has 1 amide bonds. The average molecular weight is 550 g/mol. The Morgan fingerprint density at radius 2 is 1.90 bits per heavy atom. The molecule has 1 saturated heterocycles. The van der Waals surface area contributed by atoms with Gasteiger partial charge in [0.15, 0.2) is 6.10 Å². The van der Waals surface area contributed by atoms with Crippen molar-refractivity contribution in [2.75, 3.05) is 37.9 Å². The van der Waals surface area contributed by atoms with Gasteiger partial charge in [0.25, 0.3) is 5.56 Å². The molecule has 2 atom stereocenters. The molecule has 0 aliphatic carbocycles. The number of pyridine rings is 1. The molecule has 0 spiro atoms. The highest BCUT2D eigenvalue weighted by Gasteiger charge is 2.36. The number of anilines is 1. The molecule has 2 heterocycles. The third-order valence-electron chi connectivity index (χ3n) is 6.07. The smallest absolute Gasteiger partial charge is 0.417 e. The summed E-state index contributed by atoms with van der Waals surface area (Å²) in [7, 11) is 0. The van der Waals surface area contributed by atoms with E-state index in [2.05, 4.69) is 4.98 Å². The van der Waals surface area contributed by atoms with Crippen molar-refractivity contribution in [3.63, 3.8) is 0 Å². The van der Waals surface area contributed by atoms with E-state index < -0.39 is 41.6 Å². The SMILES string of the molecule is O=C(O)C(CC1CN(c2ccc3cc(-c4ccccc4C(F)(F)F)[nH]c(=O)c3c2)C(=O)O1)OCCOCCO. The van der Waals surface area contributed by atoms with Gasteiger partial charge in [-0.2, -0.15) is 13.2 Å².